The second kappa shape index (κ2) is 12.4. The molecule has 6 nitrogen and oxygen atoms in total. The first-order valence-electron chi connectivity index (χ1n) is 10.3. The fourth-order valence-corrected chi connectivity index (χ4v) is 5.58. The number of rotatable bonds is 11. The van der Waals surface area contributed by atoms with Gasteiger partial charge >= 0.3 is 0 Å². The molecule has 10 heteroatoms. The number of nitrogens with one attached hydrogen (secondary N) is 1. The minimum absolute atomic E-state index is 0.0413. The summed E-state index contributed by atoms with van der Waals surface area (Å²) in [6.07, 6.45) is 0. The van der Waals surface area contributed by atoms with Crippen molar-refractivity contribution < 1.29 is 17.9 Å². The molecule has 0 unspecified atom stereocenters. The molecule has 1 amide bonds. The summed E-state index contributed by atoms with van der Waals surface area (Å²) < 4.78 is 32.9. The Morgan fingerprint density at radius 2 is 1.71 bits per heavy atom. The van der Waals surface area contributed by atoms with Crippen LogP contribution in [0.2, 0.25) is 10.0 Å². The zero-order valence-corrected chi connectivity index (χ0v) is 21.6. The minimum atomic E-state index is -4.02. The Hall–Kier alpha value is -2.39. The van der Waals surface area contributed by atoms with Crippen molar-refractivity contribution in [2.45, 2.75) is 10.6 Å². The zero-order chi connectivity index (χ0) is 24.6. The van der Waals surface area contributed by atoms with Crippen LogP contribution in [0.4, 0.5) is 5.69 Å². The van der Waals surface area contributed by atoms with Gasteiger partial charge in [-0.1, -0.05) is 41.4 Å². The van der Waals surface area contributed by atoms with E-state index in [2.05, 4.69) is 5.32 Å². The van der Waals surface area contributed by atoms with E-state index in [1.807, 2.05) is 24.3 Å². The molecule has 34 heavy (non-hydrogen) atoms. The molecule has 0 aliphatic rings. The van der Waals surface area contributed by atoms with Crippen LogP contribution in [0.3, 0.4) is 0 Å². The molecule has 3 rings (SSSR count). The number of hydrogen-bond donors (Lipinski definition) is 1. The molecule has 0 bridgehead atoms. The summed E-state index contributed by atoms with van der Waals surface area (Å²) in [6.45, 7) is 0.0274. The normalized spacial score (nSPS) is 11.1. The van der Waals surface area contributed by atoms with Crippen molar-refractivity contribution >= 4 is 56.6 Å². The maximum Gasteiger partial charge on any atom is 0.264 e. The molecule has 0 spiro atoms. The van der Waals surface area contributed by atoms with Gasteiger partial charge in [0.2, 0.25) is 5.91 Å². The third-order valence-corrected chi connectivity index (χ3v) is 8.09. The van der Waals surface area contributed by atoms with E-state index in [1.165, 1.54) is 25.3 Å². The molecule has 0 saturated carbocycles. The number of thioether (sulfide) groups is 1. The largest absolute Gasteiger partial charge is 0.497 e. The van der Waals surface area contributed by atoms with Gasteiger partial charge in [0.25, 0.3) is 10.0 Å². The van der Waals surface area contributed by atoms with Gasteiger partial charge in [-0.25, -0.2) is 8.42 Å². The second-order valence-corrected chi connectivity index (χ2v) is 11.0. The first-order chi connectivity index (χ1) is 16.3. The minimum Gasteiger partial charge on any atom is -0.497 e. The molecule has 0 aromatic heterocycles. The van der Waals surface area contributed by atoms with Crippen LogP contribution in [0.1, 0.15) is 5.56 Å². The maximum absolute atomic E-state index is 13.4. The summed E-state index contributed by atoms with van der Waals surface area (Å²) in [6, 6.07) is 20.0. The summed E-state index contributed by atoms with van der Waals surface area (Å²) >= 11 is 13.6. The van der Waals surface area contributed by atoms with E-state index in [-0.39, 0.29) is 11.4 Å². The van der Waals surface area contributed by atoms with Crippen molar-refractivity contribution in [3.63, 3.8) is 0 Å². The third-order valence-electron chi connectivity index (χ3n) is 4.78. The highest BCUT2D eigenvalue weighted by atomic mass is 35.5. The number of methoxy groups -OCH3 is 1. The number of hydrogen-bond acceptors (Lipinski definition) is 5. The van der Waals surface area contributed by atoms with Crippen molar-refractivity contribution in [3.8, 4) is 5.75 Å². The Kier molecular flexibility index (Phi) is 9.53. The van der Waals surface area contributed by atoms with Crippen molar-refractivity contribution in [2.24, 2.45) is 0 Å². The molecule has 180 valence electrons. The first-order valence-corrected chi connectivity index (χ1v) is 13.7. The SMILES string of the molecule is COc1ccc(S(=O)(=O)N(CC(=O)NCCSCc2ccc(Cl)cc2)c2cccc(Cl)c2)cc1. The van der Waals surface area contributed by atoms with E-state index in [0.717, 1.165) is 15.6 Å². The van der Waals surface area contributed by atoms with E-state index >= 15 is 0 Å². The molecule has 3 aromatic carbocycles. The molecule has 0 saturated heterocycles. The highest BCUT2D eigenvalue weighted by Crippen LogP contribution is 2.27. The monoisotopic (exact) mass is 538 g/mol. The summed E-state index contributed by atoms with van der Waals surface area (Å²) in [4.78, 5) is 12.7. The topological polar surface area (TPSA) is 75.7 Å². The molecule has 0 fully saturated rings. The Labute approximate surface area is 214 Å². The average Bonchev–Trinajstić information content (AvgIpc) is 2.83. The van der Waals surface area contributed by atoms with Crippen LogP contribution < -0.4 is 14.4 Å². The number of carbonyl (C=O) groups is 1. The molecule has 0 radical (unpaired) electrons. The number of benzene rings is 3. The molecule has 3 aromatic rings. The van der Waals surface area contributed by atoms with Gasteiger partial charge in [0.05, 0.1) is 17.7 Å². The van der Waals surface area contributed by atoms with Crippen molar-refractivity contribution in [1.82, 2.24) is 5.32 Å². The lowest BCUT2D eigenvalue weighted by Crippen LogP contribution is -2.41. The molecule has 0 heterocycles. The van der Waals surface area contributed by atoms with Crippen LogP contribution >= 0.6 is 35.0 Å². The summed E-state index contributed by atoms with van der Waals surface area (Å²) in [7, 11) is -2.52. The van der Waals surface area contributed by atoms with Gasteiger partial charge in [-0.2, -0.15) is 11.8 Å². The van der Waals surface area contributed by atoms with E-state index in [9.17, 15) is 13.2 Å². The number of sulfonamides is 1. The maximum atomic E-state index is 13.4. The molecule has 1 N–H and O–H groups in total. The predicted molar refractivity (Wildman–Crippen MR) is 140 cm³/mol. The van der Waals surface area contributed by atoms with Crippen molar-refractivity contribution in [3.05, 3.63) is 88.4 Å². The highest BCUT2D eigenvalue weighted by molar-refractivity contribution is 7.98. The summed E-state index contributed by atoms with van der Waals surface area (Å²) in [5.41, 5.74) is 1.44. The lowest BCUT2D eigenvalue weighted by Gasteiger charge is -2.24. The number of carbonyl (C=O) groups excluding carboxylic acids is 1. The third kappa shape index (κ3) is 7.30. The number of amides is 1. The molecule has 0 atom stereocenters. The predicted octanol–water partition coefficient (Wildman–Crippen LogP) is 5.25. The van der Waals surface area contributed by atoms with Crippen molar-refractivity contribution in [1.29, 1.82) is 0 Å². The van der Waals surface area contributed by atoms with E-state index in [1.54, 1.807) is 42.1 Å². The van der Waals surface area contributed by atoms with Gasteiger partial charge in [-0.05, 0) is 60.2 Å². The Balaban J connectivity index is 1.65. The van der Waals surface area contributed by atoms with Crippen LogP contribution in [0.15, 0.2) is 77.7 Å². The van der Waals surface area contributed by atoms with Gasteiger partial charge < -0.3 is 10.1 Å². The number of ether oxygens (including phenoxy) is 1. The number of anilines is 1. The standard InChI is InChI=1S/C24H24Cl2N2O4S2/c1-32-22-9-11-23(12-10-22)34(30,31)28(21-4-2-3-20(26)15-21)16-24(29)27-13-14-33-17-18-5-7-19(25)8-6-18/h2-12,15H,13-14,16-17H2,1H3,(H,27,29). The first kappa shape index (κ1) is 26.2. The van der Waals surface area contributed by atoms with Gasteiger partial charge in [0, 0.05) is 28.1 Å². The van der Waals surface area contributed by atoms with E-state index in [4.69, 9.17) is 27.9 Å². The second-order valence-electron chi connectivity index (χ2n) is 7.20. The van der Waals surface area contributed by atoms with Crippen LogP contribution in [-0.4, -0.2) is 40.3 Å². The summed E-state index contributed by atoms with van der Waals surface area (Å²) in [5.74, 6) is 1.58. The van der Waals surface area contributed by atoms with Crippen molar-refractivity contribution in [2.75, 3.05) is 30.3 Å². The average molecular weight is 540 g/mol. The van der Waals surface area contributed by atoms with E-state index in [0.29, 0.717) is 33.8 Å². The Morgan fingerprint density at radius 3 is 2.35 bits per heavy atom. The zero-order valence-electron chi connectivity index (χ0n) is 18.4. The number of nitrogens with zero attached hydrogens (tertiary/aromatic N) is 1. The highest BCUT2D eigenvalue weighted by Gasteiger charge is 2.27. The Bertz CT molecular complexity index is 1200. The van der Waals surface area contributed by atoms with Crippen LogP contribution in [-0.2, 0) is 20.6 Å². The van der Waals surface area contributed by atoms with Gasteiger partial charge in [-0.3, -0.25) is 9.10 Å². The lowest BCUT2D eigenvalue weighted by molar-refractivity contribution is -0.119. The van der Waals surface area contributed by atoms with Crippen LogP contribution in [0, 0.1) is 0 Å². The fraction of sp³-hybridized carbons (Fsp3) is 0.208. The number of halogens is 2. The molecule has 0 aliphatic carbocycles. The fourth-order valence-electron chi connectivity index (χ4n) is 3.04. The van der Waals surface area contributed by atoms with E-state index < -0.39 is 15.9 Å². The van der Waals surface area contributed by atoms with Gasteiger partial charge in [0.15, 0.2) is 0 Å². The lowest BCUT2D eigenvalue weighted by atomic mass is 10.2. The Morgan fingerprint density at radius 1 is 1.00 bits per heavy atom. The molecular formula is C24H24Cl2N2O4S2. The molecule has 0 aliphatic heterocycles. The molecular weight excluding hydrogens is 515 g/mol. The van der Waals surface area contributed by atoms with Gasteiger partial charge in [0.1, 0.15) is 12.3 Å². The summed E-state index contributed by atoms with van der Waals surface area (Å²) in [5, 5.41) is 3.85. The van der Waals surface area contributed by atoms with Crippen LogP contribution in [0.5, 0.6) is 5.75 Å². The van der Waals surface area contributed by atoms with Gasteiger partial charge in [-0.15, -0.1) is 0 Å². The van der Waals surface area contributed by atoms with Crippen LogP contribution in [0.25, 0.3) is 0 Å². The smallest absolute Gasteiger partial charge is 0.264 e. The quantitative estimate of drug-likeness (QED) is 0.337.